The highest BCUT2D eigenvalue weighted by Gasteiger charge is 2.26. The standard InChI is InChI=1S/C32H36N6O5S/c1-32(2,3)23-11-9-22(10-12-23)30(40)34-27-6-4-5-25(26(27)20-39)29-35-28(36-31(33)37-29)19-21-7-13-24(14-8-21)44(41,42)38-15-17-43-18-16-38/h4-14,39H,15-20H2,1-3H3,(H,34,40)(H2,33,35,36,37). The average molecular weight is 617 g/mol. The van der Waals surface area contributed by atoms with Crippen LogP contribution in [0.15, 0.2) is 71.6 Å². The second-order valence-corrected chi connectivity index (χ2v) is 13.5. The SMILES string of the molecule is CC(C)(C)c1ccc(C(=O)Nc2cccc(-c3nc(N)nc(Cc4ccc(S(=O)(=O)N5CCOCC5)cc4)n3)c2CO)cc1. The first-order chi connectivity index (χ1) is 21.0. The van der Waals surface area contributed by atoms with Crippen molar-refractivity contribution in [1.82, 2.24) is 19.3 Å². The second-order valence-electron chi connectivity index (χ2n) is 11.5. The zero-order chi connectivity index (χ0) is 31.5. The van der Waals surface area contributed by atoms with Crippen molar-refractivity contribution in [2.45, 2.75) is 44.1 Å². The number of rotatable bonds is 8. The Morgan fingerprint density at radius 3 is 2.30 bits per heavy atom. The number of hydrogen-bond acceptors (Lipinski definition) is 9. The molecule has 0 saturated carbocycles. The summed E-state index contributed by atoms with van der Waals surface area (Å²) in [6.07, 6.45) is 0.271. The third-order valence-corrected chi connectivity index (χ3v) is 9.34. The Morgan fingerprint density at radius 1 is 0.977 bits per heavy atom. The summed E-state index contributed by atoms with van der Waals surface area (Å²) in [6.45, 7) is 7.33. The molecule has 5 rings (SSSR count). The van der Waals surface area contributed by atoms with Gasteiger partial charge in [0.25, 0.3) is 5.91 Å². The first kappa shape index (κ1) is 31.2. The fourth-order valence-electron chi connectivity index (χ4n) is 4.94. The molecule has 1 aliphatic rings. The molecule has 1 amide bonds. The Morgan fingerprint density at radius 2 is 1.66 bits per heavy atom. The van der Waals surface area contributed by atoms with Crippen molar-refractivity contribution >= 4 is 27.6 Å². The van der Waals surface area contributed by atoms with E-state index in [1.807, 2.05) is 12.1 Å². The molecule has 11 nitrogen and oxygen atoms in total. The molecule has 4 aromatic rings. The topological polar surface area (TPSA) is 161 Å². The van der Waals surface area contributed by atoms with E-state index in [0.717, 1.165) is 11.1 Å². The molecule has 1 fully saturated rings. The van der Waals surface area contributed by atoms with Gasteiger partial charge in [-0.2, -0.15) is 14.3 Å². The van der Waals surface area contributed by atoms with Crippen molar-refractivity contribution in [2.75, 3.05) is 37.4 Å². The summed E-state index contributed by atoms with van der Waals surface area (Å²) in [5.74, 6) is 0.295. The Hall–Kier alpha value is -4.23. The number of amides is 1. The minimum Gasteiger partial charge on any atom is -0.392 e. The quantitative estimate of drug-likeness (QED) is 0.268. The summed E-state index contributed by atoms with van der Waals surface area (Å²) in [5.41, 5.74) is 9.75. The lowest BCUT2D eigenvalue weighted by atomic mass is 9.86. The highest BCUT2D eigenvalue weighted by atomic mass is 32.2. The zero-order valence-corrected chi connectivity index (χ0v) is 25.8. The van der Waals surface area contributed by atoms with Crippen LogP contribution in [0.3, 0.4) is 0 Å². The van der Waals surface area contributed by atoms with Crippen LogP contribution in [-0.2, 0) is 33.2 Å². The molecule has 0 spiro atoms. The molecule has 1 aromatic heterocycles. The van der Waals surface area contributed by atoms with E-state index in [-0.39, 0.29) is 41.0 Å². The van der Waals surface area contributed by atoms with Gasteiger partial charge in [-0.05, 0) is 46.9 Å². The Balaban J connectivity index is 1.36. The summed E-state index contributed by atoms with van der Waals surface area (Å²) >= 11 is 0. The second kappa shape index (κ2) is 12.8. The highest BCUT2D eigenvalue weighted by Crippen LogP contribution is 2.29. The number of nitrogen functional groups attached to an aromatic ring is 1. The van der Waals surface area contributed by atoms with E-state index in [9.17, 15) is 18.3 Å². The van der Waals surface area contributed by atoms with Gasteiger partial charge in [-0.1, -0.05) is 57.2 Å². The summed E-state index contributed by atoms with van der Waals surface area (Å²) in [7, 11) is -3.61. The number of nitrogens with one attached hydrogen (secondary N) is 1. The zero-order valence-electron chi connectivity index (χ0n) is 24.9. The number of nitrogens with zero attached hydrogens (tertiary/aromatic N) is 4. The number of nitrogens with two attached hydrogens (primary N) is 1. The van der Waals surface area contributed by atoms with Gasteiger partial charge in [0.05, 0.1) is 24.7 Å². The van der Waals surface area contributed by atoms with Crippen LogP contribution >= 0.6 is 0 Å². The van der Waals surface area contributed by atoms with Gasteiger partial charge in [0.2, 0.25) is 16.0 Å². The molecule has 4 N–H and O–H groups in total. The molecule has 12 heteroatoms. The van der Waals surface area contributed by atoms with E-state index < -0.39 is 10.0 Å². The van der Waals surface area contributed by atoms with Gasteiger partial charge in [0.1, 0.15) is 5.82 Å². The van der Waals surface area contributed by atoms with Gasteiger partial charge in [-0.25, -0.2) is 13.4 Å². The fraction of sp³-hybridized carbons (Fsp3) is 0.312. The Labute approximate surface area is 257 Å². The number of sulfonamides is 1. The van der Waals surface area contributed by atoms with Gasteiger partial charge < -0.3 is 20.9 Å². The first-order valence-corrected chi connectivity index (χ1v) is 15.7. The van der Waals surface area contributed by atoms with Crippen molar-refractivity contribution in [3.63, 3.8) is 0 Å². The maximum Gasteiger partial charge on any atom is 0.255 e. The molecule has 2 heterocycles. The molecule has 230 valence electrons. The van der Waals surface area contributed by atoms with Crippen molar-refractivity contribution in [2.24, 2.45) is 0 Å². The third-order valence-electron chi connectivity index (χ3n) is 7.43. The maximum atomic E-state index is 13.1. The molecule has 1 aliphatic heterocycles. The van der Waals surface area contributed by atoms with E-state index >= 15 is 0 Å². The van der Waals surface area contributed by atoms with Crippen LogP contribution in [0.4, 0.5) is 11.6 Å². The predicted octanol–water partition coefficient (Wildman–Crippen LogP) is 3.77. The van der Waals surface area contributed by atoms with Crippen molar-refractivity contribution < 1.29 is 23.1 Å². The van der Waals surface area contributed by atoms with Gasteiger partial charge in [0, 0.05) is 41.9 Å². The fourth-order valence-corrected chi connectivity index (χ4v) is 6.34. The smallest absolute Gasteiger partial charge is 0.255 e. The number of morpholine rings is 1. The van der Waals surface area contributed by atoms with Gasteiger partial charge in [-0.3, -0.25) is 4.79 Å². The van der Waals surface area contributed by atoms with Gasteiger partial charge >= 0.3 is 0 Å². The van der Waals surface area contributed by atoms with Crippen LogP contribution < -0.4 is 11.1 Å². The first-order valence-electron chi connectivity index (χ1n) is 14.3. The normalized spacial score (nSPS) is 14.4. The van der Waals surface area contributed by atoms with Crippen LogP contribution in [-0.4, -0.2) is 65.0 Å². The number of aliphatic hydroxyl groups is 1. The van der Waals surface area contributed by atoms with Crippen LogP contribution in [0.1, 0.15) is 53.6 Å². The summed E-state index contributed by atoms with van der Waals surface area (Å²) in [5, 5.41) is 13.2. The molecule has 44 heavy (non-hydrogen) atoms. The largest absolute Gasteiger partial charge is 0.392 e. The van der Waals surface area contributed by atoms with Crippen molar-refractivity contribution in [1.29, 1.82) is 0 Å². The molecule has 0 unspecified atom stereocenters. The molecule has 3 aromatic carbocycles. The van der Waals surface area contributed by atoms with Crippen LogP contribution in [0.2, 0.25) is 0 Å². The molecule has 1 saturated heterocycles. The number of carbonyl (C=O) groups is 1. The van der Waals surface area contributed by atoms with Gasteiger partial charge in [0.15, 0.2) is 5.82 Å². The maximum absolute atomic E-state index is 13.1. The molecule has 0 bridgehead atoms. The lowest BCUT2D eigenvalue weighted by molar-refractivity contribution is 0.0730. The molecule has 0 aliphatic carbocycles. The molecular formula is C32H36N6O5S. The molecule has 0 atom stereocenters. The molecular weight excluding hydrogens is 580 g/mol. The van der Waals surface area contributed by atoms with Crippen LogP contribution in [0.25, 0.3) is 11.4 Å². The monoisotopic (exact) mass is 616 g/mol. The van der Waals surface area contributed by atoms with E-state index in [0.29, 0.717) is 54.5 Å². The van der Waals surface area contributed by atoms with E-state index in [1.165, 1.54) is 4.31 Å². The summed E-state index contributed by atoms with van der Waals surface area (Å²) < 4.78 is 32.6. The Kier molecular flexibility index (Phi) is 9.07. The van der Waals surface area contributed by atoms with E-state index in [1.54, 1.807) is 54.6 Å². The minimum atomic E-state index is -3.61. The number of ether oxygens (including phenoxy) is 1. The molecule has 0 radical (unpaired) electrons. The number of carbonyl (C=O) groups excluding carboxylic acids is 1. The number of benzene rings is 3. The van der Waals surface area contributed by atoms with Gasteiger partial charge in [-0.15, -0.1) is 0 Å². The predicted molar refractivity (Wildman–Crippen MR) is 168 cm³/mol. The minimum absolute atomic E-state index is 0.00576. The number of hydrogen-bond donors (Lipinski definition) is 3. The van der Waals surface area contributed by atoms with Crippen LogP contribution in [0.5, 0.6) is 0 Å². The number of aliphatic hydroxyl groups excluding tert-OH is 1. The van der Waals surface area contributed by atoms with Crippen molar-refractivity contribution in [3.8, 4) is 11.4 Å². The van der Waals surface area contributed by atoms with Crippen LogP contribution in [0, 0.1) is 0 Å². The lowest BCUT2D eigenvalue weighted by Crippen LogP contribution is -2.40. The number of aromatic nitrogens is 3. The summed E-state index contributed by atoms with van der Waals surface area (Å²) in [4.78, 5) is 26.5. The average Bonchev–Trinajstić information content (AvgIpc) is 3.01. The summed E-state index contributed by atoms with van der Waals surface area (Å²) in [6, 6.07) is 19.2. The third kappa shape index (κ3) is 6.94. The number of anilines is 2. The van der Waals surface area contributed by atoms with E-state index in [2.05, 4.69) is 41.0 Å². The lowest BCUT2D eigenvalue weighted by Gasteiger charge is -2.26. The Bertz CT molecular complexity index is 1750. The van der Waals surface area contributed by atoms with E-state index in [4.69, 9.17) is 10.5 Å². The highest BCUT2D eigenvalue weighted by molar-refractivity contribution is 7.89. The van der Waals surface area contributed by atoms with Crippen molar-refractivity contribution in [3.05, 3.63) is 94.8 Å².